The lowest BCUT2D eigenvalue weighted by atomic mass is 9.94. The smallest absolute Gasteiger partial charge is 0.201 e. The molecule has 0 atom stereocenters. The Morgan fingerprint density at radius 3 is 2.00 bits per heavy atom. The fraction of sp³-hybridized carbons (Fsp3) is 0.700. The zero-order chi connectivity index (χ0) is 9.57. The van der Waals surface area contributed by atoms with E-state index in [9.17, 15) is 4.79 Å². The lowest BCUT2D eigenvalue weighted by molar-refractivity contribution is -0.127. The molecule has 0 aromatic carbocycles. The van der Waals surface area contributed by atoms with E-state index in [0.29, 0.717) is 0 Å². The Hall–Kier alpha value is -0.790. The number of allylic oxidation sites excluding steroid dienone is 1. The SMILES string of the molecule is CC(C)(C)C1=CC(=O)C(C)(C)O1. The molecular weight excluding hydrogens is 152 g/mol. The molecule has 0 fully saturated rings. The van der Waals surface area contributed by atoms with Gasteiger partial charge in [0.2, 0.25) is 5.78 Å². The lowest BCUT2D eigenvalue weighted by Gasteiger charge is -2.25. The average molecular weight is 168 g/mol. The van der Waals surface area contributed by atoms with Crippen molar-refractivity contribution in [2.45, 2.75) is 40.2 Å². The first-order chi connectivity index (χ1) is 5.23. The molecule has 2 nitrogen and oxygen atoms in total. The molecule has 1 aliphatic rings. The second kappa shape index (κ2) is 2.35. The quantitative estimate of drug-likeness (QED) is 0.554. The largest absolute Gasteiger partial charge is 0.483 e. The minimum Gasteiger partial charge on any atom is -0.483 e. The summed E-state index contributed by atoms with van der Waals surface area (Å²) in [6.07, 6.45) is 1.61. The van der Waals surface area contributed by atoms with Crippen LogP contribution in [0.2, 0.25) is 0 Å². The highest BCUT2D eigenvalue weighted by atomic mass is 16.5. The van der Waals surface area contributed by atoms with Crippen molar-refractivity contribution in [2.24, 2.45) is 5.41 Å². The van der Waals surface area contributed by atoms with Crippen LogP contribution in [0.1, 0.15) is 34.6 Å². The van der Waals surface area contributed by atoms with Gasteiger partial charge in [0.15, 0.2) is 5.60 Å². The van der Waals surface area contributed by atoms with Crippen molar-refractivity contribution in [2.75, 3.05) is 0 Å². The summed E-state index contributed by atoms with van der Waals surface area (Å²) in [6, 6.07) is 0. The Balaban J connectivity index is 2.90. The number of ketones is 1. The molecule has 0 aromatic heterocycles. The monoisotopic (exact) mass is 168 g/mol. The molecule has 0 radical (unpaired) electrons. The predicted octanol–water partition coefficient (Wildman–Crippen LogP) is 2.29. The van der Waals surface area contributed by atoms with Crippen LogP contribution in [0.25, 0.3) is 0 Å². The van der Waals surface area contributed by atoms with Gasteiger partial charge in [-0.05, 0) is 13.8 Å². The van der Waals surface area contributed by atoms with Crippen LogP contribution in [0.15, 0.2) is 11.8 Å². The molecule has 0 saturated carbocycles. The van der Waals surface area contributed by atoms with Crippen molar-refractivity contribution in [3.63, 3.8) is 0 Å². The van der Waals surface area contributed by atoms with Crippen LogP contribution in [0, 0.1) is 5.41 Å². The van der Waals surface area contributed by atoms with E-state index >= 15 is 0 Å². The molecule has 0 N–H and O–H groups in total. The van der Waals surface area contributed by atoms with Crippen LogP contribution < -0.4 is 0 Å². The van der Waals surface area contributed by atoms with Crippen molar-refractivity contribution in [3.05, 3.63) is 11.8 Å². The second-order valence-corrected chi connectivity index (χ2v) is 4.74. The summed E-state index contributed by atoms with van der Waals surface area (Å²) in [4.78, 5) is 11.4. The zero-order valence-corrected chi connectivity index (χ0v) is 8.39. The zero-order valence-electron chi connectivity index (χ0n) is 8.39. The first-order valence-corrected chi connectivity index (χ1v) is 4.19. The summed E-state index contributed by atoms with van der Waals surface area (Å²) >= 11 is 0. The van der Waals surface area contributed by atoms with E-state index in [1.165, 1.54) is 0 Å². The highest BCUT2D eigenvalue weighted by Crippen LogP contribution is 2.35. The molecule has 0 spiro atoms. The van der Waals surface area contributed by atoms with Crippen LogP contribution in [-0.2, 0) is 9.53 Å². The molecule has 12 heavy (non-hydrogen) atoms. The molecule has 0 saturated heterocycles. The van der Waals surface area contributed by atoms with Gasteiger partial charge in [0, 0.05) is 11.5 Å². The minimum atomic E-state index is -0.650. The fourth-order valence-electron chi connectivity index (χ4n) is 1.02. The first kappa shape index (κ1) is 9.30. The summed E-state index contributed by atoms with van der Waals surface area (Å²) in [7, 11) is 0. The van der Waals surface area contributed by atoms with E-state index in [-0.39, 0.29) is 11.2 Å². The molecule has 0 aliphatic carbocycles. The number of ether oxygens (including phenoxy) is 1. The van der Waals surface area contributed by atoms with Gasteiger partial charge in [0.1, 0.15) is 5.76 Å². The summed E-state index contributed by atoms with van der Waals surface area (Å²) in [5.41, 5.74) is -0.716. The van der Waals surface area contributed by atoms with Crippen LogP contribution in [0.4, 0.5) is 0 Å². The molecular formula is C10H16O2. The van der Waals surface area contributed by atoms with Crippen LogP contribution in [0.3, 0.4) is 0 Å². The van der Waals surface area contributed by atoms with Gasteiger partial charge in [-0.3, -0.25) is 4.79 Å². The minimum absolute atomic E-state index is 0.0624. The number of hydrogen-bond acceptors (Lipinski definition) is 2. The fourth-order valence-corrected chi connectivity index (χ4v) is 1.02. The molecule has 1 heterocycles. The average Bonchev–Trinajstić information content (AvgIpc) is 2.06. The highest BCUT2D eigenvalue weighted by Gasteiger charge is 2.38. The Morgan fingerprint density at radius 1 is 1.33 bits per heavy atom. The number of rotatable bonds is 0. The van der Waals surface area contributed by atoms with E-state index in [1.54, 1.807) is 19.9 Å². The summed E-state index contributed by atoms with van der Waals surface area (Å²) in [5.74, 6) is 0.852. The Bertz CT molecular complexity index is 241. The van der Waals surface area contributed by atoms with E-state index < -0.39 is 5.60 Å². The Kier molecular flexibility index (Phi) is 1.82. The van der Waals surface area contributed by atoms with Crippen molar-refractivity contribution in [3.8, 4) is 0 Å². The Labute approximate surface area is 73.6 Å². The maximum atomic E-state index is 11.4. The maximum absolute atomic E-state index is 11.4. The molecule has 2 heteroatoms. The van der Waals surface area contributed by atoms with Gasteiger partial charge < -0.3 is 4.74 Å². The highest BCUT2D eigenvalue weighted by molar-refractivity contribution is 5.98. The molecule has 1 rings (SSSR count). The molecule has 0 aromatic rings. The van der Waals surface area contributed by atoms with E-state index in [1.807, 2.05) is 20.8 Å². The van der Waals surface area contributed by atoms with Crippen molar-refractivity contribution in [1.29, 1.82) is 0 Å². The van der Waals surface area contributed by atoms with Gasteiger partial charge in [-0.15, -0.1) is 0 Å². The predicted molar refractivity (Wildman–Crippen MR) is 47.7 cm³/mol. The number of carbonyl (C=O) groups is 1. The molecule has 1 aliphatic heterocycles. The van der Waals surface area contributed by atoms with Gasteiger partial charge in [-0.25, -0.2) is 0 Å². The third-order valence-corrected chi connectivity index (χ3v) is 1.96. The molecule has 0 bridgehead atoms. The first-order valence-electron chi connectivity index (χ1n) is 4.19. The molecule has 68 valence electrons. The Morgan fingerprint density at radius 2 is 1.83 bits per heavy atom. The maximum Gasteiger partial charge on any atom is 0.201 e. The third-order valence-electron chi connectivity index (χ3n) is 1.96. The molecule has 0 amide bonds. The van der Waals surface area contributed by atoms with Crippen molar-refractivity contribution in [1.82, 2.24) is 0 Å². The summed E-state index contributed by atoms with van der Waals surface area (Å²) in [6.45, 7) is 9.70. The topological polar surface area (TPSA) is 26.3 Å². The normalized spacial score (nSPS) is 22.1. The second-order valence-electron chi connectivity index (χ2n) is 4.74. The van der Waals surface area contributed by atoms with Gasteiger partial charge in [-0.2, -0.15) is 0 Å². The van der Waals surface area contributed by atoms with Crippen LogP contribution in [0.5, 0.6) is 0 Å². The van der Waals surface area contributed by atoms with Crippen molar-refractivity contribution < 1.29 is 9.53 Å². The van der Waals surface area contributed by atoms with E-state index in [4.69, 9.17) is 4.74 Å². The van der Waals surface area contributed by atoms with Gasteiger partial charge in [-0.1, -0.05) is 20.8 Å². The summed E-state index contributed by atoms with van der Waals surface area (Å²) < 4.78 is 5.54. The standard InChI is InChI=1S/C10H16O2/c1-9(2,3)8-6-7(11)10(4,5)12-8/h6H,1-5H3. The van der Waals surface area contributed by atoms with Crippen molar-refractivity contribution >= 4 is 5.78 Å². The van der Waals surface area contributed by atoms with Gasteiger partial charge in [0.25, 0.3) is 0 Å². The molecule has 0 unspecified atom stereocenters. The van der Waals surface area contributed by atoms with Crippen LogP contribution >= 0.6 is 0 Å². The van der Waals surface area contributed by atoms with Gasteiger partial charge in [0.05, 0.1) is 0 Å². The van der Waals surface area contributed by atoms with Crippen LogP contribution in [-0.4, -0.2) is 11.4 Å². The number of hydrogen-bond donors (Lipinski definition) is 0. The van der Waals surface area contributed by atoms with E-state index in [2.05, 4.69) is 0 Å². The lowest BCUT2D eigenvalue weighted by Crippen LogP contribution is -2.28. The third kappa shape index (κ3) is 1.52. The summed E-state index contributed by atoms with van der Waals surface area (Å²) in [5, 5.41) is 0. The van der Waals surface area contributed by atoms with Gasteiger partial charge >= 0.3 is 0 Å². The number of carbonyl (C=O) groups excluding carboxylic acids is 1. The van der Waals surface area contributed by atoms with E-state index in [0.717, 1.165) is 5.76 Å².